The Labute approximate surface area is 94.0 Å². The fourth-order valence-electron chi connectivity index (χ4n) is 1.52. The minimum Gasteiger partial charge on any atom is -0.102 e. The Bertz CT molecular complexity index is 333. The van der Waals surface area contributed by atoms with E-state index in [1.807, 2.05) is 6.08 Å². The van der Waals surface area contributed by atoms with E-state index in [0.29, 0.717) is 0 Å². The molecule has 82 valence electrons. The van der Waals surface area contributed by atoms with Gasteiger partial charge in [0.2, 0.25) is 0 Å². The zero-order chi connectivity index (χ0) is 11.7. The third-order valence-corrected chi connectivity index (χ3v) is 3.01. The summed E-state index contributed by atoms with van der Waals surface area (Å²) in [4.78, 5) is 0. The molecule has 1 aromatic carbocycles. The third-order valence-electron chi connectivity index (χ3n) is 3.01. The lowest BCUT2D eigenvalue weighted by molar-refractivity contribution is 0.588. The Morgan fingerprint density at radius 1 is 0.867 bits per heavy atom. The highest BCUT2D eigenvalue weighted by Gasteiger charge is 2.18. The molecule has 1 rings (SSSR count). The average Bonchev–Trinajstić information content (AvgIpc) is 2.17. The molecule has 1 aromatic rings. The summed E-state index contributed by atoms with van der Waals surface area (Å²) in [5.41, 5.74) is 3.00. The summed E-state index contributed by atoms with van der Waals surface area (Å²) in [5, 5.41) is 0. The molecule has 0 amide bonds. The summed E-state index contributed by atoms with van der Waals surface area (Å²) in [5.74, 6) is 0. The molecule has 0 heteroatoms. The lowest BCUT2D eigenvalue weighted by Crippen LogP contribution is -2.15. The van der Waals surface area contributed by atoms with Crippen molar-refractivity contribution in [3.05, 3.63) is 48.0 Å². The average molecular weight is 202 g/mol. The summed E-state index contributed by atoms with van der Waals surface area (Å²) in [7, 11) is 0. The third kappa shape index (κ3) is 2.71. The van der Waals surface area contributed by atoms with Crippen molar-refractivity contribution < 1.29 is 0 Å². The molecule has 15 heavy (non-hydrogen) atoms. The molecule has 0 aliphatic heterocycles. The van der Waals surface area contributed by atoms with Gasteiger partial charge < -0.3 is 0 Å². The SMILES string of the molecule is C=CC(C)(C)c1ccc(C(C)(C)C)cc1. The molecule has 0 heterocycles. The fourth-order valence-corrected chi connectivity index (χ4v) is 1.52. The van der Waals surface area contributed by atoms with Gasteiger partial charge in [0.1, 0.15) is 0 Å². The second kappa shape index (κ2) is 3.84. The number of rotatable bonds is 2. The smallest absolute Gasteiger partial charge is 0.00726 e. The maximum absolute atomic E-state index is 3.88. The van der Waals surface area contributed by atoms with Crippen LogP contribution in [0.4, 0.5) is 0 Å². The quantitative estimate of drug-likeness (QED) is 0.622. The first-order chi connectivity index (χ1) is 6.77. The van der Waals surface area contributed by atoms with Crippen LogP contribution in [-0.2, 0) is 10.8 Å². The Morgan fingerprint density at radius 2 is 1.27 bits per heavy atom. The van der Waals surface area contributed by atoms with Crippen LogP contribution in [0, 0.1) is 0 Å². The monoisotopic (exact) mass is 202 g/mol. The van der Waals surface area contributed by atoms with E-state index in [1.54, 1.807) is 0 Å². The second-order valence-electron chi connectivity index (χ2n) is 5.75. The summed E-state index contributed by atoms with van der Waals surface area (Å²) >= 11 is 0. The molecule has 0 unspecified atom stereocenters. The van der Waals surface area contributed by atoms with Crippen molar-refractivity contribution in [3.8, 4) is 0 Å². The van der Waals surface area contributed by atoms with Crippen molar-refractivity contribution >= 4 is 0 Å². The van der Waals surface area contributed by atoms with Crippen molar-refractivity contribution in [3.63, 3.8) is 0 Å². The number of benzene rings is 1. The molecule has 0 N–H and O–H groups in total. The predicted octanol–water partition coefficient (Wildman–Crippen LogP) is 4.45. The zero-order valence-electron chi connectivity index (χ0n) is 10.6. The molecule has 0 atom stereocenters. The predicted molar refractivity (Wildman–Crippen MR) is 68.4 cm³/mol. The van der Waals surface area contributed by atoms with Gasteiger partial charge in [0.15, 0.2) is 0 Å². The molecule has 0 spiro atoms. The highest BCUT2D eigenvalue weighted by molar-refractivity contribution is 5.33. The van der Waals surface area contributed by atoms with Gasteiger partial charge >= 0.3 is 0 Å². The summed E-state index contributed by atoms with van der Waals surface area (Å²) < 4.78 is 0. The second-order valence-corrected chi connectivity index (χ2v) is 5.75. The Morgan fingerprint density at radius 3 is 1.60 bits per heavy atom. The van der Waals surface area contributed by atoms with Crippen molar-refractivity contribution in [1.82, 2.24) is 0 Å². The highest BCUT2D eigenvalue weighted by atomic mass is 14.2. The first-order valence-corrected chi connectivity index (χ1v) is 5.52. The van der Waals surface area contributed by atoms with Gasteiger partial charge in [-0.2, -0.15) is 0 Å². The van der Waals surface area contributed by atoms with Crippen molar-refractivity contribution in [2.75, 3.05) is 0 Å². The van der Waals surface area contributed by atoms with Gasteiger partial charge in [0.05, 0.1) is 0 Å². The van der Waals surface area contributed by atoms with Gasteiger partial charge in [-0.15, -0.1) is 6.58 Å². The maximum Gasteiger partial charge on any atom is 0.00726 e. The first-order valence-electron chi connectivity index (χ1n) is 5.52. The minimum absolute atomic E-state index is 0.0659. The fraction of sp³-hybridized carbons (Fsp3) is 0.467. The topological polar surface area (TPSA) is 0 Å². The van der Waals surface area contributed by atoms with Gasteiger partial charge in [0, 0.05) is 5.41 Å². The Balaban J connectivity index is 3.06. The van der Waals surface area contributed by atoms with E-state index in [0.717, 1.165) is 0 Å². The van der Waals surface area contributed by atoms with Crippen LogP contribution in [0.5, 0.6) is 0 Å². The Hall–Kier alpha value is -1.04. The molecular formula is C15H22. The van der Waals surface area contributed by atoms with E-state index >= 15 is 0 Å². The van der Waals surface area contributed by atoms with Crippen LogP contribution in [-0.4, -0.2) is 0 Å². The largest absolute Gasteiger partial charge is 0.102 e. The van der Waals surface area contributed by atoms with Crippen LogP contribution in [0.2, 0.25) is 0 Å². The van der Waals surface area contributed by atoms with Gasteiger partial charge in [-0.1, -0.05) is 65.0 Å². The summed E-state index contributed by atoms with van der Waals surface area (Å²) in [6.45, 7) is 15.0. The summed E-state index contributed by atoms with van der Waals surface area (Å²) in [6, 6.07) is 8.87. The molecule has 0 nitrogen and oxygen atoms in total. The molecule has 0 aliphatic carbocycles. The van der Waals surface area contributed by atoms with Gasteiger partial charge in [-0.05, 0) is 16.5 Å². The van der Waals surface area contributed by atoms with E-state index in [2.05, 4.69) is 65.5 Å². The molecule has 0 fully saturated rings. The number of hydrogen-bond acceptors (Lipinski definition) is 0. The molecule has 0 saturated heterocycles. The van der Waals surface area contributed by atoms with Crippen LogP contribution in [0.15, 0.2) is 36.9 Å². The standard InChI is InChI=1S/C15H22/c1-7-15(5,6)13-10-8-12(9-11-13)14(2,3)4/h7-11H,1H2,2-6H3. The molecule has 0 bridgehead atoms. The molecular weight excluding hydrogens is 180 g/mol. The Kier molecular flexibility index (Phi) is 3.08. The minimum atomic E-state index is 0.0659. The molecule has 0 saturated carbocycles. The first kappa shape index (κ1) is 12.0. The van der Waals surface area contributed by atoms with Crippen molar-refractivity contribution in [1.29, 1.82) is 0 Å². The molecule has 0 aliphatic rings. The van der Waals surface area contributed by atoms with Crippen LogP contribution in [0.1, 0.15) is 45.7 Å². The normalized spacial score (nSPS) is 12.6. The lowest BCUT2D eigenvalue weighted by atomic mass is 9.81. The van der Waals surface area contributed by atoms with Crippen LogP contribution < -0.4 is 0 Å². The number of allylic oxidation sites excluding steroid dienone is 1. The molecule has 0 aromatic heterocycles. The van der Waals surface area contributed by atoms with Gasteiger partial charge in [-0.3, -0.25) is 0 Å². The van der Waals surface area contributed by atoms with E-state index in [-0.39, 0.29) is 10.8 Å². The highest BCUT2D eigenvalue weighted by Crippen LogP contribution is 2.27. The van der Waals surface area contributed by atoms with Crippen LogP contribution in [0.25, 0.3) is 0 Å². The van der Waals surface area contributed by atoms with Crippen LogP contribution in [0.3, 0.4) is 0 Å². The van der Waals surface area contributed by atoms with E-state index in [9.17, 15) is 0 Å². The van der Waals surface area contributed by atoms with Crippen molar-refractivity contribution in [2.45, 2.75) is 45.4 Å². The van der Waals surface area contributed by atoms with E-state index in [1.165, 1.54) is 11.1 Å². The summed E-state index contributed by atoms with van der Waals surface area (Å²) in [6.07, 6.45) is 2.00. The number of hydrogen-bond donors (Lipinski definition) is 0. The molecule has 0 radical (unpaired) electrons. The van der Waals surface area contributed by atoms with E-state index in [4.69, 9.17) is 0 Å². The maximum atomic E-state index is 3.88. The zero-order valence-corrected chi connectivity index (χ0v) is 10.6. The van der Waals surface area contributed by atoms with Crippen LogP contribution >= 0.6 is 0 Å². The van der Waals surface area contributed by atoms with Gasteiger partial charge in [-0.25, -0.2) is 0 Å². The van der Waals surface area contributed by atoms with E-state index < -0.39 is 0 Å². The van der Waals surface area contributed by atoms with Gasteiger partial charge in [0.25, 0.3) is 0 Å². The van der Waals surface area contributed by atoms with Crippen molar-refractivity contribution in [2.24, 2.45) is 0 Å². The lowest BCUT2D eigenvalue weighted by Gasteiger charge is -2.23.